The van der Waals surface area contributed by atoms with E-state index < -0.39 is 9.84 Å². The van der Waals surface area contributed by atoms with E-state index in [1.165, 1.54) is 12.3 Å². The Bertz CT molecular complexity index is 1560. The molecule has 0 aliphatic rings. The van der Waals surface area contributed by atoms with Gasteiger partial charge in [-0.3, -0.25) is 4.79 Å². The largest absolute Gasteiger partial charge is 0.493 e. The van der Waals surface area contributed by atoms with E-state index in [1.54, 1.807) is 57.0 Å². The number of benzene rings is 2. The van der Waals surface area contributed by atoms with Gasteiger partial charge in [0.2, 0.25) is 5.91 Å². The average molecular weight is 506 g/mol. The molecule has 0 radical (unpaired) electrons. The smallest absolute Gasteiger partial charge is 0.244 e. The number of amides is 1. The molecule has 0 saturated carbocycles. The molecule has 9 heteroatoms. The maximum absolute atomic E-state index is 12.6. The van der Waals surface area contributed by atoms with Gasteiger partial charge in [-0.15, -0.1) is 0 Å². The summed E-state index contributed by atoms with van der Waals surface area (Å²) in [6.45, 7) is 1.89. The molecule has 2 aromatic carbocycles. The van der Waals surface area contributed by atoms with Gasteiger partial charge in [-0.05, 0) is 54.5 Å². The lowest BCUT2D eigenvalue weighted by atomic mass is 10.1. The van der Waals surface area contributed by atoms with E-state index in [0.29, 0.717) is 17.1 Å². The molecule has 1 amide bonds. The number of sulfone groups is 1. The fourth-order valence-electron chi connectivity index (χ4n) is 3.86. The van der Waals surface area contributed by atoms with Crippen molar-refractivity contribution in [3.8, 4) is 22.6 Å². The highest BCUT2D eigenvalue weighted by atomic mass is 32.2. The normalized spacial score (nSPS) is 12.6. The summed E-state index contributed by atoms with van der Waals surface area (Å²) < 4.78 is 34.5. The zero-order valence-electron chi connectivity index (χ0n) is 20.4. The Hall–Kier alpha value is -4.11. The number of pyridine rings is 1. The Morgan fingerprint density at radius 2 is 1.83 bits per heavy atom. The number of nitrogens with one attached hydrogen (secondary N) is 2. The first kappa shape index (κ1) is 25.0. The van der Waals surface area contributed by atoms with Crippen molar-refractivity contribution in [2.24, 2.45) is 0 Å². The van der Waals surface area contributed by atoms with Crippen LogP contribution in [0.5, 0.6) is 11.5 Å². The van der Waals surface area contributed by atoms with Crippen molar-refractivity contribution in [2.75, 3.05) is 20.5 Å². The van der Waals surface area contributed by atoms with E-state index in [4.69, 9.17) is 9.47 Å². The van der Waals surface area contributed by atoms with Crippen LogP contribution in [0.15, 0.2) is 71.9 Å². The SMILES string of the molecule is COc1ccc([C@@H](C)NC(=O)/C=C/c2c[nH]c3ncc(-c4cccc(S(C)(=O)=O)c4)cc23)cc1OC. The second-order valence-electron chi connectivity index (χ2n) is 8.34. The van der Waals surface area contributed by atoms with Crippen molar-refractivity contribution in [2.45, 2.75) is 17.9 Å². The number of aromatic nitrogens is 2. The number of fused-ring (bicyclic) bond motifs is 1. The number of hydrogen-bond donors (Lipinski definition) is 2. The van der Waals surface area contributed by atoms with Crippen molar-refractivity contribution in [3.05, 3.63) is 78.1 Å². The van der Waals surface area contributed by atoms with Crippen LogP contribution in [-0.2, 0) is 14.6 Å². The Morgan fingerprint density at radius 1 is 1.06 bits per heavy atom. The molecule has 0 aliphatic heterocycles. The highest BCUT2D eigenvalue weighted by Gasteiger charge is 2.13. The van der Waals surface area contributed by atoms with Crippen molar-refractivity contribution in [3.63, 3.8) is 0 Å². The van der Waals surface area contributed by atoms with Crippen molar-refractivity contribution >= 4 is 32.9 Å². The molecule has 0 bridgehead atoms. The van der Waals surface area contributed by atoms with Crippen molar-refractivity contribution in [1.82, 2.24) is 15.3 Å². The van der Waals surface area contributed by atoms with Gasteiger partial charge in [-0.2, -0.15) is 0 Å². The first-order valence-corrected chi connectivity index (χ1v) is 13.1. The number of methoxy groups -OCH3 is 2. The lowest BCUT2D eigenvalue weighted by molar-refractivity contribution is -0.117. The molecule has 1 atom stereocenters. The molecule has 0 unspecified atom stereocenters. The number of rotatable bonds is 8. The number of ether oxygens (including phenoxy) is 2. The van der Waals surface area contributed by atoms with E-state index in [9.17, 15) is 13.2 Å². The lowest BCUT2D eigenvalue weighted by Crippen LogP contribution is -2.24. The number of carbonyl (C=O) groups is 1. The second-order valence-corrected chi connectivity index (χ2v) is 10.4. The first-order valence-electron chi connectivity index (χ1n) is 11.2. The molecular formula is C27H27N3O5S. The van der Waals surface area contributed by atoms with Crippen LogP contribution >= 0.6 is 0 Å². The zero-order valence-corrected chi connectivity index (χ0v) is 21.2. The summed E-state index contributed by atoms with van der Waals surface area (Å²) in [6, 6.07) is 13.9. The van der Waals surface area contributed by atoms with E-state index in [2.05, 4.69) is 15.3 Å². The predicted octanol–water partition coefficient (Wildman–Crippen LogP) is 4.54. The van der Waals surface area contributed by atoms with Gasteiger partial charge in [0, 0.05) is 41.2 Å². The number of H-pyrrole nitrogens is 1. The number of nitrogens with zero attached hydrogens (tertiary/aromatic N) is 1. The van der Waals surface area contributed by atoms with E-state index in [1.807, 2.05) is 31.2 Å². The maximum Gasteiger partial charge on any atom is 0.244 e. The molecule has 0 spiro atoms. The van der Waals surface area contributed by atoms with Gasteiger partial charge in [0.25, 0.3) is 0 Å². The number of carbonyl (C=O) groups excluding carboxylic acids is 1. The molecule has 8 nitrogen and oxygen atoms in total. The molecule has 0 aliphatic carbocycles. The van der Waals surface area contributed by atoms with Crippen LogP contribution in [0.3, 0.4) is 0 Å². The summed E-state index contributed by atoms with van der Waals surface area (Å²) in [5.74, 6) is 0.961. The summed E-state index contributed by atoms with van der Waals surface area (Å²) in [6.07, 6.45) is 7.82. The third kappa shape index (κ3) is 5.41. The van der Waals surface area contributed by atoms with Gasteiger partial charge in [0.15, 0.2) is 21.3 Å². The fourth-order valence-corrected chi connectivity index (χ4v) is 4.53. The van der Waals surface area contributed by atoms with Gasteiger partial charge in [-0.1, -0.05) is 18.2 Å². The van der Waals surface area contributed by atoms with Crippen LogP contribution in [0.2, 0.25) is 0 Å². The topological polar surface area (TPSA) is 110 Å². The molecule has 36 heavy (non-hydrogen) atoms. The Labute approximate surface area is 209 Å². The summed E-state index contributed by atoms with van der Waals surface area (Å²) in [5, 5.41) is 3.76. The van der Waals surface area contributed by atoms with Gasteiger partial charge in [0.05, 0.1) is 25.2 Å². The van der Waals surface area contributed by atoms with Gasteiger partial charge < -0.3 is 19.8 Å². The highest BCUT2D eigenvalue weighted by molar-refractivity contribution is 7.90. The lowest BCUT2D eigenvalue weighted by Gasteiger charge is -2.15. The average Bonchev–Trinajstić information content (AvgIpc) is 3.28. The predicted molar refractivity (Wildman–Crippen MR) is 140 cm³/mol. The van der Waals surface area contributed by atoms with E-state index in [0.717, 1.165) is 27.6 Å². The number of aromatic amines is 1. The molecule has 0 saturated heterocycles. The van der Waals surface area contributed by atoms with Gasteiger partial charge in [0.1, 0.15) is 5.65 Å². The van der Waals surface area contributed by atoms with Crippen LogP contribution in [0.4, 0.5) is 0 Å². The van der Waals surface area contributed by atoms with Crippen molar-refractivity contribution < 1.29 is 22.7 Å². The Balaban J connectivity index is 1.54. The molecular weight excluding hydrogens is 478 g/mol. The fraction of sp³-hybridized carbons (Fsp3) is 0.185. The molecule has 0 fully saturated rings. The monoisotopic (exact) mass is 505 g/mol. The summed E-state index contributed by atoms with van der Waals surface area (Å²) in [4.78, 5) is 20.4. The highest BCUT2D eigenvalue weighted by Crippen LogP contribution is 2.30. The molecule has 2 aromatic heterocycles. The molecule has 4 rings (SSSR count). The standard InChI is InChI=1S/C27H27N3O5S/c1-17(18-8-10-24(34-2)25(14-18)35-3)30-26(31)11-9-20-15-28-27-23(20)13-21(16-29-27)19-6-5-7-22(12-19)36(4,32)33/h5-17H,1-4H3,(H,28,29)(H,30,31)/b11-9+/t17-/m1/s1. The summed E-state index contributed by atoms with van der Waals surface area (Å²) in [7, 11) is -0.185. The Morgan fingerprint density at radius 3 is 2.56 bits per heavy atom. The third-order valence-electron chi connectivity index (χ3n) is 5.84. The quantitative estimate of drug-likeness (QED) is 0.340. The van der Waals surface area contributed by atoms with E-state index in [-0.39, 0.29) is 16.8 Å². The van der Waals surface area contributed by atoms with Gasteiger partial charge in [-0.25, -0.2) is 13.4 Å². The molecule has 2 N–H and O–H groups in total. The Kier molecular flexibility index (Phi) is 7.12. The molecule has 2 heterocycles. The summed E-state index contributed by atoms with van der Waals surface area (Å²) >= 11 is 0. The van der Waals surface area contributed by atoms with Crippen LogP contribution in [0.1, 0.15) is 24.1 Å². The minimum absolute atomic E-state index is 0.245. The van der Waals surface area contributed by atoms with Crippen LogP contribution < -0.4 is 14.8 Å². The summed E-state index contributed by atoms with van der Waals surface area (Å²) in [5.41, 5.74) is 3.84. The minimum atomic E-state index is -3.32. The first-order chi connectivity index (χ1) is 17.2. The number of hydrogen-bond acceptors (Lipinski definition) is 6. The third-order valence-corrected chi connectivity index (χ3v) is 6.95. The van der Waals surface area contributed by atoms with Crippen LogP contribution in [0, 0.1) is 0 Å². The van der Waals surface area contributed by atoms with E-state index >= 15 is 0 Å². The van der Waals surface area contributed by atoms with Crippen LogP contribution in [-0.4, -0.2) is 44.8 Å². The molecule has 186 valence electrons. The van der Waals surface area contributed by atoms with Gasteiger partial charge >= 0.3 is 0 Å². The second kappa shape index (κ2) is 10.2. The maximum atomic E-state index is 12.6. The zero-order chi connectivity index (χ0) is 25.9. The molecule has 4 aromatic rings. The minimum Gasteiger partial charge on any atom is -0.493 e. The van der Waals surface area contributed by atoms with Crippen LogP contribution in [0.25, 0.3) is 28.2 Å². The van der Waals surface area contributed by atoms with Crippen molar-refractivity contribution in [1.29, 1.82) is 0 Å².